The van der Waals surface area contributed by atoms with Gasteiger partial charge in [0.15, 0.2) is 6.54 Å². The lowest BCUT2D eigenvalue weighted by atomic mass is 9.97. The fraction of sp³-hybridized carbons (Fsp3) is 0.476. The third-order valence-corrected chi connectivity index (χ3v) is 5.33. The normalized spacial score (nSPS) is 19.0. The van der Waals surface area contributed by atoms with E-state index < -0.39 is 5.97 Å². The van der Waals surface area contributed by atoms with Crippen LogP contribution in [0.2, 0.25) is 0 Å². The van der Waals surface area contributed by atoms with E-state index in [0.717, 1.165) is 34.5 Å². The summed E-state index contributed by atoms with van der Waals surface area (Å²) in [4.78, 5) is 40.9. The maximum absolute atomic E-state index is 12.7. The summed E-state index contributed by atoms with van der Waals surface area (Å²) in [5.74, 6) is -0.935. The number of nitrogens with one attached hydrogen (secondary N) is 3. The van der Waals surface area contributed by atoms with Crippen molar-refractivity contribution in [3.63, 3.8) is 0 Å². The molecule has 29 heavy (non-hydrogen) atoms. The summed E-state index contributed by atoms with van der Waals surface area (Å²) in [6.07, 6.45) is 1.42. The van der Waals surface area contributed by atoms with Crippen LogP contribution in [0.15, 0.2) is 18.2 Å². The van der Waals surface area contributed by atoms with Gasteiger partial charge in [-0.3, -0.25) is 9.59 Å². The quantitative estimate of drug-likeness (QED) is 0.627. The highest BCUT2D eigenvalue weighted by Crippen LogP contribution is 2.29. The number of amides is 1. The van der Waals surface area contributed by atoms with Gasteiger partial charge in [0.1, 0.15) is 5.69 Å². The van der Waals surface area contributed by atoms with E-state index in [1.165, 1.54) is 7.11 Å². The maximum atomic E-state index is 12.7. The van der Waals surface area contributed by atoms with Gasteiger partial charge in [-0.15, -0.1) is 0 Å². The molecule has 1 saturated heterocycles. The first-order valence-corrected chi connectivity index (χ1v) is 9.93. The van der Waals surface area contributed by atoms with Gasteiger partial charge in [0, 0.05) is 23.7 Å². The zero-order chi connectivity index (χ0) is 21.0. The number of aromatic amines is 1. The van der Waals surface area contributed by atoms with Crippen LogP contribution in [0.5, 0.6) is 0 Å². The van der Waals surface area contributed by atoms with E-state index in [9.17, 15) is 14.4 Å². The average molecular weight is 402 g/mol. The van der Waals surface area contributed by atoms with Crippen LogP contribution < -0.4 is 10.2 Å². The minimum atomic E-state index is -0.531. The molecule has 1 aromatic carbocycles. The lowest BCUT2D eigenvalue weighted by Gasteiger charge is -2.27. The zero-order valence-corrected chi connectivity index (χ0v) is 17.1. The second-order valence-electron chi connectivity index (χ2n) is 7.42. The van der Waals surface area contributed by atoms with Gasteiger partial charge in [0.05, 0.1) is 38.4 Å². The van der Waals surface area contributed by atoms with E-state index in [1.54, 1.807) is 6.92 Å². The highest BCUT2D eigenvalue weighted by Gasteiger charge is 2.30. The number of ether oxygens (including phenoxy) is 2. The molecule has 0 bridgehead atoms. The molecule has 1 fully saturated rings. The molecule has 0 atom stereocenters. The summed E-state index contributed by atoms with van der Waals surface area (Å²) in [7, 11) is 1.31. The standard InChI is InChI=1S/C21H27N3O5/c1-4-29-20(26)14-7-9-24(10-8-14)12-17(25)23-18-15-6-5-13(2)11-16(15)22-19(18)21(27)28-3/h5-6,11,14,22H,4,7-10,12H2,1-3H3,(H,23,25)/p+1. The number of fused-ring (bicyclic) bond motifs is 1. The number of rotatable bonds is 6. The molecular weight excluding hydrogens is 374 g/mol. The third kappa shape index (κ3) is 4.76. The highest BCUT2D eigenvalue weighted by molar-refractivity contribution is 6.11. The number of hydrogen-bond donors (Lipinski definition) is 3. The second-order valence-corrected chi connectivity index (χ2v) is 7.42. The Morgan fingerprint density at radius 1 is 1.24 bits per heavy atom. The summed E-state index contributed by atoms with van der Waals surface area (Å²) in [6.45, 7) is 5.88. The van der Waals surface area contributed by atoms with Crippen LogP contribution in [-0.4, -0.2) is 56.2 Å². The largest absolute Gasteiger partial charge is 0.466 e. The first-order chi connectivity index (χ1) is 13.9. The van der Waals surface area contributed by atoms with Crippen molar-refractivity contribution in [3.8, 4) is 0 Å². The fourth-order valence-electron chi connectivity index (χ4n) is 3.81. The van der Waals surface area contributed by atoms with Gasteiger partial charge >= 0.3 is 11.9 Å². The van der Waals surface area contributed by atoms with Crippen LogP contribution in [-0.2, 0) is 19.1 Å². The zero-order valence-electron chi connectivity index (χ0n) is 17.1. The Labute approximate surface area is 169 Å². The van der Waals surface area contributed by atoms with Gasteiger partial charge in [-0.2, -0.15) is 0 Å². The number of H-pyrrole nitrogens is 1. The Morgan fingerprint density at radius 2 is 1.97 bits per heavy atom. The molecule has 8 nitrogen and oxygen atoms in total. The number of piperidine rings is 1. The van der Waals surface area contributed by atoms with Crippen LogP contribution in [0.25, 0.3) is 10.9 Å². The van der Waals surface area contributed by atoms with Crippen molar-refractivity contribution < 1.29 is 28.8 Å². The molecule has 1 aliphatic rings. The van der Waals surface area contributed by atoms with Gasteiger partial charge in [0.2, 0.25) is 0 Å². The number of benzene rings is 1. The molecular formula is C21H28N3O5+. The minimum absolute atomic E-state index is 0.0791. The molecule has 2 heterocycles. The lowest BCUT2D eigenvalue weighted by molar-refractivity contribution is -0.897. The number of carbonyl (C=O) groups excluding carboxylic acids is 3. The number of anilines is 1. The third-order valence-electron chi connectivity index (χ3n) is 5.33. The topological polar surface area (TPSA) is 102 Å². The van der Waals surface area contributed by atoms with Crippen molar-refractivity contribution in [1.29, 1.82) is 0 Å². The Balaban J connectivity index is 1.67. The summed E-state index contributed by atoms with van der Waals surface area (Å²) >= 11 is 0. The SMILES string of the molecule is CCOC(=O)C1CC[NH+](CC(=O)Nc2c(C(=O)OC)[nH]c3cc(C)ccc23)CC1. The Bertz CT molecular complexity index is 912. The predicted octanol–water partition coefficient (Wildman–Crippen LogP) is 1.06. The number of hydrogen-bond acceptors (Lipinski definition) is 5. The molecule has 0 spiro atoms. The molecule has 1 aliphatic heterocycles. The average Bonchev–Trinajstić information content (AvgIpc) is 3.05. The number of carbonyl (C=O) groups is 3. The van der Waals surface area contributed by atoms with E-state index >= 15 is 0 Å². The van der Waals surface area contributed by atoms with Crippen LogP contribution in [0, 0.1) is 12.8 Å². The summed E-state index contributed by atoms with van der Waals surface area (Å²) in [5, 5.41) is 3.65. The molecule has 0 aliphatic carbocycles. The lowest BCUT2D eigenvalue weighted by Crippen LogP contribution is -3.14. The van der Waals surface area contributed by atoms with Crippen LogP contribution in [0.4, 0.5) is 5.69 Å². The number of aromatic nitrogens is 1. The van der Waals surface area contributed by atoms with E-state index in [-0.39, 0.29) is 30.0 Å². The number of methoxy groups -OCH3 is 1. The summed E-state index contributed by atoms with van der Waals surface area (Å²) < 4.78 is 9.94. The first kappa shape index (κ1) is 20.9. The van der Waals surface area contributed by atoms with Crippen molar-refractivity contribution in [2.75, 3.05) is 38.7 Å². The molecule has 3 N–H and O–H groups in total. The molecule has 1 amide bonds. The predicted molar refractivity (Wildman–Crippen MR) is 108 cm³/mol. The van der Waals surface area contributed by atoms with E-state index in [4.69, 9.17) is 9.47 Å². The number of esters is 2. The molecule has 3 rings (SSSR count). The molecule has 156 valence electrons. The Hall–Kier alpha value is -2.87. The summed E-state index contributed by atoms with van der Waals surface area (Å²) in [6, 6.07) is 5.72. The number of likely N-dealkylation sites (tertiary alicyclic amines) is 1. The Kier molecular flexibility index (Phi) is 6.53. The van der Waals surface area contributed by atoms with Gasteiger partial charge < -0.3 is 24.7 Å². The second kappa shape index (κ2) is 9.09. The van der Waals surface area contributed by atoms with E-state index in [1.807, 2.05) is 25.1 Å². The van der Waals surface area contributed by atoms with Gasteiger partial charge in [-0.1, -0.05) is 12.1 Å². The van der Waals surface area contributed by atoms with Crippen molar-refractivity contribution in [2.24, 2.45) is 5.92 Å². The van der Waals surface area contributed by atoms with Crippen LogP contribution >= 0.6 is 0 Å². The summed E-state index contributed by atoms with van der Waals surface area (Å²) in [5.41, 5.74) is 2.49. The molecule has 8 heteroatoms. The first-order valence-electron chi connectivity index (χ1n) is 9.93. The van der Waals surface area contributed by atoms with Crippen LogP contribution in [0.3, 0.4) is 0 Å². The Morgan fingerprint density at radius 3 is 2.62 bits per heavy atom. The maximum Gasteiger partial charge on any atom is 0.356 e. The monoisotopic (exact) mass is 402 g/mol. The van der Waals surface area contributed by atoms with Crippen LogP contribution in [0.1, 0.15) is 35.8 Å². The van der Waals surface area contributed by atoms with Crippen molar-refractivity contribution in [3.05, 3.63) is 29.5 Å². The van der Waals surface area contributed by atoms with Crippen molar-refractivity contribution >= 4 is 34.4 Å². The molecule has 0 saturated carbocycles. The minimum Gasteiger partial charge on any atom is -0.466 e. The molecule has 0 radical (unpaired) electrons. The smallest absolute Gasteiger partial charge is 0.356 e. The van der Waals surface area contributed by atoms with Gasteiger partial charge in [0.25, 0.3) is 5.91 Å². The van der Waals surface area contributed by atoms with Crippen molar-refractivity contribution in [2.45, 2.75) is 26.7 Å². The highest BCUT2D eigenvalue weighted by atomic mass is 16.5. The van der Waals surface area contributed by atoms with E-state index in [0.29, 0.717) is 25.1 Å². The van der Waals surface area contributed by atoms with E-state index in [2.05, 4.69) is 10.3 Å². The number of quaternary nitrogens is 1. The van der Waals surface area contributed by atoms with Gasteiger partial charge in [-0.25, -0.2) is 4.79 Å². The molecule has 1 aromatic heterocycles. The molecule has 0 unspecified atom stereocenters. The fourth-order valence-corrected chi connectivity index (χ4v) is 3.81. The van der Waals surface area contributed by atoms with Gasteiger partial charge in [-0.05, 0) is 25.5 Å². The molecule has 2 aromatic rings. The number of aryl methyl sites for hydroxylation is 1. The van der Waals surface area contributed by atoms with Crippen molar-refractivity contribution in [1.82, 2.24) is 4.98 Å².